The minimum Gasteiger partial charge on any atom is -0.326 e. The Morgan fingerprint density at radius 1 is 0.839 bits per heavy atom. The van der Waals surface area contributed by atoms with Gasteiger partial charge in [0.1, 0.15) is 0 Å². The third-order valence-corrected chi connectivity index (χ3v) is 3.27. The predicted octanol–water partition coefficient (Wildman–Crippen LogP) is 6.82. The SMILES string of the molecule is ClC=CCCl.ClCC=CNCc1ccccc1.I.II.I[I-]I.NCc1ccccc1. The van der Waals surface area contributed by atoms with E-state index in [4.69, 9.17) is 40.5 Å². The normalized spacial score (nSPS) is 8.90. The van der Waals surface area contributed by atoms with Crippen LogP contribution in [0, 0.1) is 0 Å². The number of rotatable bonds is 6. The van der Waals surface area contributed by atoms with Crippen LogP contribution in [0.3, 0.4) is 0 Å². The molecule has 0 atom stereocenters. The van der Waals surface area contributed by atoms with Crippen LogP contribution in [0.4, 0.5) is 0 Å². The van der Waals surface area contributed by atoms with E-state index in [0.29, 0.717) is 31.6 Å². The first kappa shape index (κ1) is 41.1. The van der Waals surface area contributed by atoms with Crippen LogP contribution in [0.2, 0.25) is 0 Å². The standard InChI is InChI=1S/C10H12ClN.C7H9N.C3H4Cl2.I3.I2.HI/c11-7-4-8-12-9-10-5-2-1-3-6-10;8-6-7-4-2-1-3-5-7;4-2-1-3-5;1-3-2;1-2;/h1-6,8,12H,7,9H2;1-5H,6,8H2;1-2H,3H2;;;1H/q;;;-1;;. The van der Waals surface area contributed by atoms with Crippen molar-refractivity contribution in [3.05, 3.63) is 95.7 Å². The number of halogens is 9. The monoisotopic (exact) mass is 1160 g/mol. The van der Waals surface area contributed by atoms with Gasteiger partial charge in [-0.2, -0.15) is 0 Å². The molecule has 0 aliphatic rings. The first-order valence-corrected chi connectivity index (χ1v) is 28.6. The van der Waals surface area contributed by atoms with Crippen molar-refractivity contribution in [3.8, 4) is 0 Å². The van der Waals surface area contributed by atoms with Gasteiger partial charge in [0.15, 0.2) is 0 Å². The predicted molar refractivity (Wildman–Crippen MR) is 185 cm³/mol. The van der Waals surface area contributed by atoms with E-state index >= 15 is 0 Å². The quantitative estimate of drug-likeness (QED) is 0.247. The maximum atomic E-state index is 5.46. The molecule has 31 heavy (non-hydrogen) atoms. The Morgan fingerprint density at radius 3 is 1.55 bits per heavy atom. The average Bonchev–Trinajstić information content (AvgIpc) is 2.81. The van der Waals surface area contributed by atoms with Crippen molar-refractivity contribution in [1.82, 2.24) is 5.32 Å². The second kappa shape index (κ2) is 40.1. The first-order valence-electron chi connectivity index (χ1n) is 8.24. The summed E-state index contributed by atoms with van der Waals surface area (Å²) in [5.74, 6) is 1.06. The van der Waals surface area contributed by atoms with Gasteiger partial charge in [0.2, 0.25) is 0 Å². The fraction of sp³-hybridized carbons (Fsp3) is 0.200. The number of hydrogen-bond donors (Lipinski definition) is 2. The number of benzene rings is 2. The van der Waals surface area contributed by atoms with E-state index in [1.807, 2.05) is 60.8 Å². The molecule has 0 saturated carbocycles. The summed E-state index contributed by atoms with van der Waals surface area (Å²) in [6, 6.07) is 20.2. The van der Waals surface area contributed by atoms with Crippen LogP contribution in [0.1, 0.15) is 11.1 Å². The van der Waals surface area contributed by atoms with Crippen molar-refractivity contribution < 1.29 is 13.3 Å². The molecule has 0 heterocycles. The molecule has 2 nitrogen and oxygen atoms in total. The Hall–Kier alpha value is 2.93. The number of alkyl halides is 2. The van der Waals surface area contributed by atoms with Crippen molar-refractivity contribution >= 4 is 133 Å². The molecule has 0 fully saturated rings. The van der Waals surface area contributed by atoms with Crippen molar-refractivity contribution in [2.45, 2.75) is 13.1 Å². The van der Waals surface area contributed by atoms with Crippen molar-refractivity contribution in [3.63, 3.8) is 0 Å². The summed E-state index contributed by atoms with van der Waals surface area (Å²) in [7, 11) is 0. The third kappa shape index (κ3) is 37.6. The molecule has 0 spiro atoms. The number of allylic oxidation sites excluding steroid dienone is 2. The topological polar surface area (TPSA) is 38.0 Å². The average molecular weight is 1160 g/mol. The van der Waals surface area contributed by atoms with E-state index < -0.39 is 0 Å². The zero-order valence-electron chi connectivity index (χ0n) is 16.4. The van der Waals surface area contributed by atoms with Gasteiger partial charge in [-0.05, 0) is 17.3 Å². The minimum atomic E-state index is 0. The smallest absolute Gasteiger partial charge is 0.0178 e. The molecular weight excluding hydrogens is 1140 g/mol. The van der Waals surface area contributed by atoms with E-state index in [-0.39, 0.29) is 24.0 Å². The molecule has 0 radical (unpaired) electrons. The summed E-state index contributed by atoms with van der Waals surface area (Å²) in [6.45, 7) is 1.50. The van der Waals surface area contributed by atoms with Crippen LogP contribution >= 0.6 is 133 Å². The Balaban J connectivity index is -0.000000167. The second-order valence-electron chi connectivity index (χ2n) is 4.68. The molecule has 0 amide bonds. The molecule has 11 heteroatoms. The largest absolute Gasteiger partial charge is 0.326 e. The summed E-state index contributed by atoms with van der Waals surface area (Å²) in [4.78, 5) is 0. The summed E-state index contributed by atoms with van der Waals surface area (Å²) >= 11 is 25.2. The van der Waals surface area contributed by atoms with Gasteiger partial charge in [0, 0.05) is 67.6 Å². The zero-order valence-corrected chi connectivity index (χ0v) is 31.8. The molecule has 2 aromatic rings. The van der Waals surface area contributed by atoms with E-state index in [2.05, 4.69) is 91.9 Å². The van der Waals surface area contributed by atoms with E-state index in [9.17, 15) is 0 Å². The molecular formula is C20H26Cl3I6N2-. The van der Waals surface area contributed by atoms with Gasteiger partial charge in [-0.3, -0.25) is 0 Å². The molecule has 0 aromatic heterocycles. The minimum absolute atomic E-state index is 0. The maximum absolute atomic E-state index is 5.46. The van der Waals surface area contributed by atoms with Crippen molar-refractivity contribution in [2.75, 3.05) is 11.8 Å². The van der Waals surface area contributed by atoms with Crippen LogP contribution in [-0.2, 0) is 13.1 Å². The van der Waals surface area contributed by atoms with Crippen LogP contribution in [-0.4, -0.2) is 11.8 Å². The fourth-order valence-electron chi connectivity index (χ4n) is 1.55. The van der Waals surface area contributed by atoms with E-state index in [1.54, 1.807) is 6.08 Å². The van der Waals surface area contributed by atoms with Gasteiger partial charge >= 0.3 is 50.5 Å². The van der Waals surface area contributed by atoms with E-state index in [1.165, 1.54) is 16.7 Å². The third-order valence-electron chi connectivity index (χ3n) is 2.73. The van der Waals surface area contributed by atoms with Gasteiger partial charge in [0.25, 0.3) is 0 Å². The van der Waals surface area contributed by atoms with Gasteiger partial charge in [-0.15, -0.1) is 47.2 Å². The van der Waals surface area contributed by atoms with Crippen LogP contribution < -0.4 is 24.3 Å². The summed E-state index contributed by atoms with van der Waals surface area (Å²) in [5.41, 5.74) is 9.21. The molecule has 0 bridgehead atoms. The zero-order chi connectivity index (χ0) is 23.3. The second-order valence-corrected chi connectivity index (χ2v) is 21.8. The van der Waals surface area contributed by atoms with Crippen LogP contribution in [0.5, 0.6) is 0 Å². The Kier molecular flexibility index (Phi) is 53.1. The van der Waals surface area contributed by atoms with E-state index in [0.717, 1.165) is 6.54 Å². The molecule has 180 valence electrons. The van der Waals surface area contributed by atoms with Gasteiger partial charge < -0.3 is 11.1 Å². The number of nitrogens with one attached hydrogen (secondary N) is 1. The first-order chi connectivity index (χ1) is 14.7. The summed E-state index contributed by atoms with van der Waals surface area (Å²) < 4.78 is 0. The number of hydrogen-bond acceptors (Lipinski definition) is 2. The number of nitrogens with two attached hydrogens (primary N) is 1. The molecule has 0 saturated heterocycles. The summed E-state index contributed by atoms with van der Waals surface area (Å²) in [5, 5.41) is 3.14. The van der Waals surface area contributed by atoms with Crippen molar-refractivity contribution in [1.29, 1.82) is 0 Å². The molecule has 3 N–H and O–H groups in total. The van der Waals surface area contributed by atoms with Gasteiger partial charge in [-0.25, -0.2) is 0 Å². The Labute approximate surface area is 273 Å². The van der Waals surface area contributed by atoms with Crippen LogP contribution in [0.15, 0.2) is 84.6 Å². The summed E-state index contributed by atoms with van der Waals surface area (Å²) in [6.07, 6.45) is 5.41. The molecule has 2 rings (SSSR count). The van der Waals surface area contributed by atoms with Crippen LogP contribution in [0.25, 0.3) is 0 Å². The Bertz CT molecular complexity index is 594. The molecule has 2 aromatic carbocycles. The fourth-order valence-corrected chi connectivity index (χ4v) is 1.91. The molecule has 0 aliphatic heterocycles. The maximum Gasteiger partial charge on any atom is 0.0178 e. The van der Waals surface area contributed by atoms with Gasteiger partial charge in [-0.1, -0.05) is 84.4 Å². The Morgan fingerprint density at radius 2 is 1.26 bits per heavy atom. The van der Waals surface area contributed by atoms with Crippen molar-refractivity contribution in [2.24, 2.45) is 5.73 Å². The molecule has 0 unspecified atom stereocenters. The van der Waals surface area contributed by atoms with Gasteiger partial charge in [0.05, 0.1) is 0 Å². The molecule has 0 aliphatic carbocycles.